The average Bonchev–Trinajstić information content (AvgIpc) is 2.03. The summed E-state index contributed by atoms with van der Waals surface area (Å²) in [5.41, 5.74) is 0. The summed E-state index contributed by atoms with van der Waals surface area (Å²) in [6.45, 7) is 3.76. The molecular formula is C9H8BrFMgO. The molecular weight excluding hydrogens is 247 g/mol. The minimum atomic E-state index is -0.370. The van der Waals surface area contributed by atoms with Gasteiger partial charge in [-0.3, -0.25) is 0 Å². The van der Waals surface area contributed by atoms with Crippen LogP contribution in [-0.4, -0.2) is 29.7 Å². The maximum Gasteiger partial charge on any atom is 2.00 e. The Bertz CT molecular complexity index is 255. The van der Waals surface area contributed by atoms with Crippen molar-refractivity contribution in [1.82, 2.24) is 0 Å². The molecule has 1 nitrogen and oxygen atoms in total. The van der Waals surface area contributed by atoms with Gasteiger partial charge >= 0.3 is 23.1 Å². The second kappa shape index (κ2) is 8.53. The van der Waals surface area contributed by atoms with Crippen molar-refractivity contribution in [1.29, 1.82) is 0 Å². The van der Waals surface area contributed by atoms with E-state index in [4.69, 9.17) is 4.74 Å². The Balaban J connectivity index is 0. The van der Waals surface area contributed by atoms with E-state index < -0.39 is 0 Å². The van der Waals surface area contributed by atoms with Gasteiger partial charge in [0.1, 0.15) is 0 Å². The van der Waals surface area contributed by atoms with Gasteiger partial charge in [0, 0.05) is 5.75 Å². The Labute approximate surface area is 104 Å². The summed E-state index contributed by atoms with van der Waals surface area (Å²) in [6, 6.07) is 6.97. The monoisotopic (exact) mass is 254 g/mol. The first kappa shape index (κ1) is 15.4. The molecule has 0 heterocycles. The molecule has 0 bridgehead atoms. The molecule has 0 fully saturated rings. The SMILES string of the molecule is C=CCOc1c[c-]ccc1F.[Br-].[Mg+2]. The smallest absolute Gasteiger partial charge is 1.00 e. The van der Waals surface area contributed by atoms with Crippen LogP contribution in [0.3, 0.4) is 0 Å². The van der Waals surface area contributed by atoms with Crippen LogP contribution in [0.4, 0.5) is 4.39 Å². The molecule has 0 aliphatic heterocycles. The van der Waals surface area contributed by atoms with Crippen LogP contribution in [-0.2, 0) is 0 Å². The normalized spacial score (nSPS) is 7.77. The molecule has 0 unspecified atom stereocenters. The van der Waals surface area contributed by atoms with Crippen molar-refractivity contribution >= 4 is 23.1 Å². The molecule has 66 valence electrons. The van der Waals surface area contributed by atoms with E-state index in [1.54, 1.807) is 6.08 Å². The number of halogens is 2. The molecule has 0 saturated carbocycles. The first-order valence-corrected chi connectivity index (χ1v) is 3.24. The van der Waals surface area contributed by atoms with Gasteiger partial charge in [0.2, 0.25) is 0 Å². The summed E-state index contributed by atoms with van der Waals surface area (Å²) in [6.07, 6.45) is 1.56. The Morgan fingerprint density at radius 2 is 2.31 bits per heavy atom. The zero-order valence-corrected chi connectivity index (χ0v) is 10.1. The topological polar surface area (TPSA) is 9.23 Å². The molecule has 0 radical (unpaired) electrons. The second-order valence-corrected chi connectivity index (χ2v) is 1.96. The standard InChI is InChI=1S/C9H8FO.BrH.Mg/c1-2-7-11-9-6-4-3-5-8(9)10;;/h2-3,5-6H,1,7H2;1H;/q-1;;+2/p-1. The van der Waals surface area contributed by atoms with Crippen molar-refractivity contribution in [3.8, 4) is 5.75 Å². The average molecular weight is 255 g/mol. The van der Waals surface area contributed by atoms with Gasteiger partial charge in [-0.1, -0.05) is 12.7 Å². The first-order valence-electron chi connectivity index (χ1n) is 3.24. The predicted molar refractivity (Wildman–Crippen MR) is 46.7 cm³/mol. The first-order chi connectivity index (χ1) is 5.34. The van der Waals surface area contributed by atoms with Gasteiger partial charge in [0.25, 0.3) is 0 Å². The van der Waals surface area contributed by atoms with Gasteiger partial charge in [-0.2, -0.15) is 12.1 Å². The van der Waals surface area contributed by atoms with Crippen molar-refractivity contribution in [3.05, 3.63) is 42.7 Å². The molecule has 0 spiro atoms. The zero-order valence-electron chi connectivity index (χ0n) is 7.09. The van der Waals surface area contributed by atoms with Crippen LogP contribution in [0.1, 0.15) is 0 Å². The van der Waals surface area contributed by atoms with Crippen molar-refractivity contribution in [2.24, 2.45) is 0 Å². The maximum absolute atomic E-state index is 12.7. The van der Waals surface area contributed by atoms with Crippen LogP contribution in [0, 0.1) is 11.9 Å². The van der Waals surface area contributed by atoms with Gasteiger partial charge in [-0.25, -0.2) is 4.39 Å². The van der Waals surface area contributed by atoms with E-state index in [0.29, 0.717) is 6.61 Å². The molecule has 0 amide bonds. The third-order valence-corrected chi connectivity index (χ3v) is 1.13. The zero-order chi connectivity index (χ0) is 8.10. The summed E-state index contributed by atoms with van der Waals surface area (Å²) in [5.74, 6) is -0.155. The van der Waals surface area contributed by atoms with Crippen molar-refractivity contribution in [2.45, 2.75) is 0 Å². The second-order valence-electron chi connectivity index (χ2n) is 1.96. The fraction of sp³-hybridized carbons (Fsp3) is 0.111. The quantitative estimate of drug-likeness (QED) is 0.375. The summed E-state index contributed by atoms with van der Waals surface area (Å²) in [7, 11) is 0. The molecule has 0 aliphatic rings. The molecule has 0 atom stereocenters. The molecule has 0 N–H and O–H groups in total. The molecule has 0 saturated heterocycles. The van der Waals surface area contributed by atoms with Crippen molar-refractivity contribution in [3.63, 3.8) is 0 Å². The van der Waals surface area contributed by atoms with Gasteiger partial charge < -0.3 is 21.7 Å². The molecule has 1 rings (SSSR count). The van der Waals surface area contributed by atoms with Crippen molar-refractivity contribution in [2.75, 3.05) is 6.61 Å². The minimum Gasteiger partial charge on any atom is -1.00 e. The van der Waals surface area contributed by atoms with E-state index in [2.05, 4.69) is 12.6 Å². The van der Waals surface area contributed by atoms with Gasteiger partial charge in [-0.05, 0) is 0 Å². The molecule has 0 aromatic heterocycles. The molecule has 1 aromatic rings. The number of rotatable bonds is 3. The third kappa shape index (κ3) is 5.28. The van der Waals surface area contributed by atoms with Crippen LogP contribution in [0.2, 0.25) is 0 Å². The fourth-order valence-corrected chi connectivity index (χ4v) is 0.655. The van der Waals surface area contributed by atoms with Crippen molar-refractivity contribution < 1.29 is 26.1 Å². The molecule has 0 aliphatic carbocycles. The summed E-state index contributed by atoms with van der Waals surface area (Å²) in [4.78, 5) is 0. The largest absolute Gasteiger partial charge is 2.00 e. The Morgan fingerprint density at radius 3 is 2.85 bits per heavy atom. The number of benzene rings is 1. The van der Waals surface area contributed by atoms with Crippen LogP contribution >= 0.6 is 0 Å². The number of hydrogen-bond donors (Lipinski definition) is 0. The van der Waals surface area contributed by atoms with Crippen LogP contribution in [0.15, 0.2) is 30.9 Å². The molecule has 1 aromatic carbocycles. The molecule has 13 heavy (non-hydrogen) atoms. The maximum atomic E-state index is 12.7. The van der Waals surface area contributed by atoms with E-state index in [0.717, 1.165) is 0 Å². The van der Waals surface area contributed by atoms with Gasteiger partial charge in [0.15, 0.2) is 0 Å². The van der Waals surface area contributed by atoms with Gasteiger partial charge in [0.05, 0.1) is 12.4 Å². The summed E-state index contributed by atoms with van der Waals surface area (Å²) >= 11 is 0. The summed E-state index contributed by atoms with van der Waals surface area (Å²) in [5, 5.41) is 0. The molecule has 4 heteroatoms. The van der Waals surface area contributed by atoms with E-state index in [-0.39, 0.29) is 51.6 Å². The minimum absolute atomic E-state index is 0. The van der Waals surface area contributed by atoms with E-state index >= 15 is 0 Å². The third-order valence-electron chi connectivity index (χ3n) is 1.13. The van der Waals surface area contributed by atoms with E-state index in [9.17, 15) is 4.39 Å². The number of hydrogen-bond acceptors (Lipinski definition) is 1. The van der Waals surface area contributed by atoms with E-state index in [1.807, 2.05) is 0 Å². The number of ether oxygens (including phenoxy) is 1. The predicted octanol–water partition coefficient (Wildman–Crippen LogP) is -1.19. The van der Waals surface area contributed by atoms with E-state index in [1.165, 1.54) is 18.2 Å². The van der Waals surface area contributed by atoms with Crippen LogP contribution < -0.4 is 21.7 Å². The summed E-state index contributed by atoms with van der Waals surface area (Å²) < 4.78 is 17.7. The Kier molecular flexibility index (Phi) is 10.1. The van der Waals surface area contributed by atoms with Crippen LogP contribution in [0.25, 0.3) is 0 Å². The Hall–Kier alpha value is -0.0638. The fourth-order valence-electron chi connectivity index (χ4n) is 0.655. The van der Waals surface area contributed by atoms with Crippen LogP contribution in [0.5, 0.6) is 5.75 Å². The Morgan fingerprint density at radius 1 is 1.62 bits per heavy atom. The van der Waals surface area contributed by atoms with Gasteiger partial charge in [-0.15, -0.1) is 12.1 Å².